The number of hydrogen-bond donors (Lipinski definition) is 0. The van der Waals surface area contributed by atoms with Crippen LogP contribution in [-0.2, 0) is 4.74 Å². The molecular formula is C18H26O2S. The number of benzene rings is 1. The van der Waals surface area contributed by atoms with Crippen LogP contribution in [0.5, 0.6) is 5.75 Å². The molecule has 1 atom stereocenters. The predicted molar refractivity (Wildman–Crippen MR) is 89.4 cm³/mol. The van der Waals surface area contributed by atoms with E-state index in [0.717, 1.165) is 25.2 Å². The van der Waals surface area contributed by atoms with Gasteiger partial charge in [0.2, 0.25) is 0 Å². The highest BCUT2D eigenvalue weighted by Gasteiger charge is 2.39. The van der Waals surface area contributed by atoms with Gasteiger partial charge in [-0.3, -0.25) is 0 Å². The predicted octanol–water partition coefficient (Wildman–Crippen LogP) is 4.63. The topological polar surface area (TPSA) is 18.5 Å². The van der Waals surface area contributed by atoms with Crippen LogP contribution in [0.3, 0.4) is 0 Å². The standard InChI is InChI=1S/C18H26O2S/c1-14(2)16-5-3-4-6-17(16)20-15-7-10-19-18(13-15)8-11-21-12-9-18/h3-6,14-15H,7-13H2,1-2H3. The van der Waals surface area contributed by atoms with Gasteiger partial charge < -0.3 is 9.47 Å². The molecule has 1 unspecified atom stereocenters. The molecule has 2 aliphatic heterocycles. The molecule has 0 amide bonds. The summed E-state index contributed by atoms with van der Waals surface area (Å²) in [6.07, 6.45) is 4.75. The molecule has 3 rings (SSSR count). The molecule has 1 aromatic carbocycles. The zero-order valence-electron chi connectivity index (χ0n) is 13.1. The number of hydrogen-bond acceptors (Lipinski definition) is 3. The third-order valence-electron chi connectivity index (χ3n) is 4.69. The van der Waals surface area contributed by atoms with Crippen LogP contribution in [0.25, 0.3) is 0 Å². The second-order valence-electron chi connectivity index (χ2n) is 6.57. The van der Waals surface area contributed by atoms with Crippen molar-refractivity contribution in [1.29, 1.82) is 0 Å². The van der Waals surface area contributed by atoms with Crippen molar-refractivity contribution in [2.24, 2.45) is 0 Å². The van der Waals surface area contributed by atoms with Crippen molar-refractivity contribution in [2.75, 3.05) is 18.1 Å². The Morgan fingerprint density at radius 1 is 1.24 bits per heavy atom. The van der Waals surface area contributed by atoms with Crippen molar-refractivity contribution in [3.63, 3.8) is 0 Å². The largest absolute Gasteiger partial charge is 0.490 e. The Hall–Kier alpha value is -0.670. The first-order valence-corrected chi connectivity index (χ1v) is 9.31. The second kappa shape index (κ2) is 6.62. The summed E-state index contributed by atoms with van der Waals surface area (Å²) in [6.45, 7) is 5.30. The highest BCUT2D eigenvalue weighted by atomic mass is 32.2. The number of rotatable bonds is 3. The quantitative estimate of drug-likeness (QED) is 0.811. The first-order chi connectivity index (χ1) is 10.2. The highest BCUT2D eigenvalue weighted by Crippen LogP contribution is 2.39. The van der Waals surface area contributed by atoms with Gasteiger partial charge in [0.1, 0.15) is 11.9 Å². The van der Waals surface area contributed by atoms with Crippen LogP contribution in [0.4, 0.5) is 0 Å². The molecule has 0 saturated carbocycles. The van der Waals surface area contributed by atoms with E-state index in [0.29, 0.717) is 12.0 Å². The van der Waals surface area contributed by atoms with Gasteiger partial charge in [-0.25, -0.2) is 0 Å². The van der Waals surface area contributed by atoms with Gasteiger partial charge in [0, 0.05) is 12.8 Å². The van der Waals surface area contributed by atoms with E-state index in [2.05, 4.69) is 49.9 Å². The normalized spacial score (nSPS) is 25.2. The highest BCUT2D eigenvalue weighted by molar-refractivity contribution is 7.99. The lowest BCUT2D eigenvalue weighted by Gasteiger charge is -2.43. The van der Waals surface area contributed by atoms with E-state index in [-0.39, 0.29) is 5.60 Å². The summed E-state index contributed by atoms with van der Waals surface area (Å²) in [5.74, 6) is 4.03. The Morgan fingerprint density at radius 2 is 2.00 bits per heavy atom. The summed E-state index contributed by atoms with van der Waals surface area (Å²) in [6, 6.07) is 8.49. The maximum absolute atomic E-state index is 6.39. The molecule has 2 saturated heterocycles. The summed E-state index contributed by atoms with van der Waals surface area (Å²) in [5, 5.41) is 0. The average molecular weight is 306 g/mol. The number of ether oxygens (including phenoxy) is 2. The molecular weight excluding hydrogens is 280 g/mol. The lowest BCUT2D eigenvalue weighted by molar-refractivity contribution is -0.116. The minimum absolute atomic E-state index is 0.0982. The van der Waals surface area contributed by atoms with Crippen LogP contribution < -0.4 is 4.74 Å². The summed E-state index contributed by atoms with van der Waals surface area (Å²) in [7, 11) is 0. The van der Waals surface area contributed by atoms with E-state index in [1.54, 1.807) is 0 Å². The molecule has 2 heterocycles. The fourth-order valence-electron chi connectivity index (χ4n) is 3.42. The van der Waals surface area contributed by atoms with Gasteiger partial charge in [-0.05, 0) is 41.9 Å². The molecule has 0 N–H and O–H groups in total. The molecule has 116 valence electrons. The summed E-state index contributed by atoms with van der Waals surface area (Å²) < 4.78 is 12.5. The van der Waals surface area contributed by atoms with E-state index < -0.39 is 0 Å². The fourth-order valence-corrected chi connectivity index (χ4v) is 4.66. The Labute approximate surface area is 132 Å². The van der Waals surface area contributed by atoms with Gasteiger partial charge in [-0.2, -0.15) is 11.8 Å². The Morgan fingerprint density at radius 3 is 2.76 bits per heavy atom. The van der Waals surface area contributed by atoms with E-state index in [1.165, 1.54) is 29.9 Å². The molecule has 0 aliphatic carbocycles. The Bertz CT molecular complexity index is 461. The van der Waals surface area contributed by atoms with Gasteiger partial charge in [-0.1, -0.05) is 32.0 Å². The van der Waals surface area contributed by atoms with Crippen LogP contribution in [0.15, 0.2) is 24.3 Å². The van der Waals surface area contributed by atoms with Crippen molar-refractivity contribution in [1.82, 2.24) is 0 Å². The van der Waals surface area contributed by atoms with E-state index >= 15 is 0 Å². The van der Waals surface area contributed by atoms with Gasteiger partial charge in [0.25, 0.3) is 0 Å². The third-order valence-corrected chi connectivity index (χ3v) is 5.67. The summed E-state index contributed by atoms with van der Waals surface area (Å²) in [5.41, 5.74) is 1.42. The first-order valence-electron chi connectivity index (χ1n) is 8.16. The molecule has 0 aromatic heterocycles. The summed E-state index contributed by atoms with van der Waals surface area (Å²) >= 11 is 2.05. The Balaban J connectivity index is 1.70. The fraction of sp³-hybridized carbons (Fsp3) is 0.667. The molecule has 0 bridgehead atoms. The second-order valence-corrected chi connectivity index (χ2v) is 7.79. The van der Waals surface area contributed by atoms with Crippen molar-refractivity contribution in [3.8, 4) is 5.75 Å². The molecule has 2 nitrogen and oxygen atoms in total. The first kappa shape index (κ1) is 15.2. The lowest BCUT2D eigenvalue weighted by Crippen LogP contribution is -2.46. The molecule has 0 radical (unpaired) electrons. The molecule has 1 aromatic rings. The molecule has 21 heavy (non-hydrogen) atoms. The molecule has 2 aliphatic rings. The minimum Gasteiger partial charge on any atom is -0.490 e. The lowest BCUT2D eigenvalue weighted by atomic mass is 9.86. The van der Waals surface area contributed by atoms with Crippen LogP contribution in [0.2, 0.25) is 0 Å². The number of thioether (sulfide) groups is 1. The van der Waals surface area contributed by atoms with Crippen LogP contribution in [0, 0.1) is 0 Å². The van der Waals surface area contributed by atoms with E-state index in [1.807, 2.05) is 0 Å². The van der Waals surface area contributed by atoms with Gasteiger partial charge in [0.15, 0.2) is 0 Å². The van der Waals surface area contributed by atoms with Crippen LogP contribution >= 0.6 is 11.8 Å². The SMILES string of the molecule is CC(C)c1ccccc1OC1CCOC2(CCSCC2)C1. The molecule has 3 heteroatoms. The zero-order valence-corrected chi connectivity index (χ0v) is 14.0. The Kier molecular flexibility index (Phi) is 4.80. The average Bonchev–Trinajstić information content (AvgIpc) is 2.48. The van der Waals surface area contributed by atoms with Crippen molar-refractivity contribution in [3.05, 3.63) is 29.8 Å². The maximum atomic E-state index is 6.39. The van der Waals surface area contributed by atoms with Crippen LogP contribution in [-0.4, -0.2) is 29.8 Å². The van der Waals surface area contributed by atoms with Gasteiger partial charge in [-0.15, -0.1) is 0 Å². The minimum atomic E-state index is 0.0982. The van der Waals surface area contributed by atoms with Crippen LogP contribution in [0.1, 0.15) is 51.0 Å². The monoisotopic (exact) mass is 306 g/mol. The van der Waals surface area contributed by atoms with E-state index in [9.17, 15) is 0 Å². The van der Waals surface area contributed by atoms with Gasteiger partial charge in [0.05, 0.1) is 12.2 Å². The molecule has 1 spiro atoms. The van der Waals surface area contributed by atoms with E-state index in [4.69, 9.17) is 9.47 Å². The zero-order chi connectivity index (χ0) is 14.7. The molecule has 2 fully saturated rings. The summed E-state index contributed by atoms with van der Waals surface area (Å²) in [4.78, 5) is 0. The van der Waals surface area contributed by atoms with Crippen molar-refractivity contribution in [2.45, 2.75) is 57.2 Å². The number of para-hydroxylation sites is 1. The smallest absolute Gasteiger partial charge is 0.123 e. The van der Waals surface area contributed by atoms with Gasteiger partial charge >= 0.3 is 0 Å². The van der Waals surface area contributed by atoms with Crippen molar-refractivity contribution >= 4 is 11.8 Å². The third kappa shape index (κ3) is 3.57. The van der Waals surface area contributed by atoms with Crippen molar-refractivity contribution < 1.29 is 9.47 Å². The maximum Gasteiger partial charge on any atom is 0.123 e.